The molecule has 28 heavy (non-hydrogen) atoms. The van der Waals surface area contributed by atoms with E-state index in [1.165, 1.54) is 0 Å². The number of rotatable bonds is 7. The molecule has 0 amide bonds. The number of primary sulfonamides is 1. The first-order valence-electron chi connectivity index (χ1n) is 9.61. The van der Waals surface area contributed by atoms with Crippen molar-refractivity contribution in [3.63, 3.8) is 0 Å². The number of nitrogens with one attached hydrogen (secondary N) is 2. The molecule has 0 aliphatic carbocycles. The zero-order chi connectivity index (χ0) is 20.0. The summed E-state index contributed by atoms with van der Waals surface area (Å²) in [6.45, 7) is 12.4. The maximum atomic E-state index is 11.3. The highest BCUT2D eigenvalue weighted by Gasteiger charge is 2.31. The van der Waals surface area contributed by atoms with E-state index in [0.29, 0.717) is 24.5 Å². The summed E-state index contributed by atoms with van der Waals surface area (Å²) in [5.41, 5.74) is 1.03. The van der Waals surface area contributed by atoms with Gasteiger partial charge in [-0.25, -0.2) is 13.6 Å². The molecule has 0 bridgehead atoms. The van der Waals surface area contributed by atoms with Gasteiger partial charge in [-0.15, -0.1) is 24.0 Å². The minimum atomic E-state index is -3.64. The van der Waals surface area contributed by atoms with Crippen LogP contribution in [0.1, 0.15) is 33.3 Å². The van der Waals surface area contributed by atoms with Gasteiger partial charge in [0.05, 0.1) is 4.90 Å². The van der Waals surface area contributed by atoms with Crippen LogP contribution in [0.5, 0.6) is 0 Å². The van der Waals surface area contributed by atoms with Crippen LogP contribution in [0.25, 0.3) is 0 Å². The summed E-state index contributed by atoms with van der Waals surface area (Å²) in [6, 6.07) is 7.60. The van der Waals surface area contributed by atoms with E-state index < -0.39 is 10.0 Å². The first-order valence-corrected chi connectivity index (χ1v) is 11.2. The lowest BCUT2D eigenvalue weighted by atomic mass is 10.1. The van der Waals surface area contributed by atoms with Crippen molar-refractivity contribution >= 4 is 40.0 Å². The van der Waals surface area contributed by atoms with Crippen LogP contribution < -0.4 is 15.8 Å². The zero-order valence-corrected chi connectivity index (χ0v) is 20.3. The second-order valence-corrected chi connectivity index (χ2v) is 9.04. The van der Waals surface area contributed by atoms with Gasteiger partial charge in [0.1, 0.15) is 0 Å². The molecular weight excluding hydrogens is 489 g/mol. The number of benzene rings is 1. The second kappa shape index (κ2) is 11.3. The molecule has 9 heteroatoms. The van der Waals surface area contributed by atoms with Crippen molar-refractivity contribution in [1.82, 2.24) is 15.5 Å². The summed E-state index contributed by atoms with van der Waals surface area (Å²) in [5.74, 6) is 1.41. The topological polar surface area (TPSA) is 99.8 Å². The molecule has 0 aromatic heterocycles. The van der Waals surface area contributed by atoms with Gasteiger partial charge in [0.15, 0.2) is 5.96 Å². The summed E-state index contributed by atoms with van der Waals surface area (Å²) in [4.78, 5) is 7.30. The lowest BCUT2D eigenvalue weighted by Crippen LogP contribution is -2.46. The number of sulfonamides is 1. The van der Waals surface area contributed by atoms with Crippen LogP contribution in [0.15, 0.2) is 34.2 Å². The number of aliphatic imine (C=N–C) groups is 1. The summed E-state index contributed by atoms with van der Waals surface area (Å²) < 4.78 is 22.6. The van der Waals surface area contributed by atoms with E-state index >= 15 is 0 Å². The van der Waals surface area contributed by atoms with Crippen molar-refractivity contribution in [3.8, 4) is 0 Å². The Kier molecular flexibility index (Phi) is 10.2. The number of likely N-dealkylation sites (tertiary alicyclic amines) is 1. The van der Waals surface area contributed by atoms with Gasteiger partial charge in [0.2, 0.25) is 10.0 Å². The molecule has 0 saturated carbocycles. The number of nitrogens with zero attached hydrogens (tertiary/aromatic N) is 2. The van der Waals surface area contributed by atoms with E-state index in [1.54, 1.807) is 24.3 Å². The van der Waals surface area contributed by atoms with Crippen molar-refractivity contribution in [3.05, 3.63) is 29.8 Å². The minimum absolute atomic E-state index is 0. The SMILES string of the molecule is CCNC(=NCCc1ccc(S(N)(=O)=O)cc1)NC1CN(C(C)C)CC1C.I. The van der Waals surface area contributed by atoms with Crippen LogP contribution in [-0.2, 0) is 16.4 Å². The van der Waals surface area contributed by atoms with E-state index in [0.717, 1.165) is 37.6 Å². The van der Waals surface area contributed by atoms with Crippen LogP contribution in [-0.4, -0.2) is 57.5 Å². The highest BCUT2D eigenvalue weighted by molar-refractivity contribution is 14.0. The Morgan fingerprint density at radius 2 is 1.93 bits per heavy atom. The smallest absolute Gasteiger partial charge is 0.238 e. The van der Waals surface area contributed by atoms with Gasteiger partial charge in [0, 0.05) is 38.3 Å². The van der Waals surface area contributed by atoms with Gasteiger partial charge in [-0.1, -0.05) is 19.1 Å². The molecule has 1 aliphatic heterocycles. The van der Waals surface area contributed by atoms with Crippen molar-refractivity contribution < 1.29 is 8.42 Å². The molecule has 1 saturated heterocycles. The Morgan fingerprint density at radius 3 is 2.43 bits per heavy atom. The molecule has 160 valence electrons. The highest BCUT2D eigenvalue weighted by atomic mass is 127. The molecule has 1 aliphatic rings. The fourth-order valence-corrected chi connectivity index (χ4v) is 3.77. The normalized spacial score (nSPS) is 20.9. The Bertz CT molecular complexity index is 737. The van der Waals surface area contributed by atoms with Crippen LogP contribution in [0, 0.1) is 5.92 Å². The van der Waals surface area contributed by atoms with Crippen LogP contribution in [0.3, 0.4) is 0 Å². The Balaban J connectivity index is 0.00000392. The Labute approximate surface area is 186 Å². The molecule has 2 unspecified atom stereocenters. The summed E-state index contributed by atoms with van der Waals surface area (Å²) in [7, 11) is -3.64. The third-order valence-corrected chi connectivity index (χ3v) is 5.89. The van der Waals surface area contributed by atoms with Gasteiger partial charge in [-0.3, -0.25) is 9.89 Å². The molecule has 7 nitrogen and oxygen atoms in total. The van der Waals surface area contributed by atoms with Crippen LogP contribution >= 0.6 is 24.0 Å². The molecule has 1 aromatic carbocycles. The first kappa shape index (κ1) is 25.1. The minimum Gasteiger partial charge on any atom is -0.357 e. The first-order chi connectivity index (χ1) is 12.7. The van der Waals surface area contributed by atoms with E-state index in [-0.39, 0.29) is 28.9 Å². The molecule has 0 radical (unpaired) electrons. The third-order valence-electron chi connectivity index (χ3n) is 4.96. The van der Waals surface area contributed by atoms with Crippen molar-refractivity contribution in [2.75, 3.05) is 26.2 Å². The molecule has 2 atom stereocenters. The Morgan fingerprint density at radius 1 is 1.29 bits per heavy atom. The molecule has 1 heterocycles. The summed E-state index contributed by atoms with van der Waals surface area (Å²) >= 11 is 0. The second-order valence-electron chi connectivity index (χ2n) is 7.48. The average Bonchev–Trinajstić information content (AvgIpc) is 2.96. The summed E-state index contributed by atoms with van der Waals surface area (Å²) in [6.07, 6.45) is 0.736. The fourth-order valence-electron chi connectivity index (χ4n) is 3.25. The average molecular weight is 523 g/mol. The van der Waals surface area contributed by atoms with Crippen molar-refractivity contribution in [2.24, 2.45) is 16.0 Å². The number of nitrogens with two attached hydrogens (primary N) is 1. The van der Waals surface area contributed by atoms with Crippen molar-refractivity contribution in [2.45, 2.75) is 51.1 Å². The van der Waals surface area contributed by atoms with Crippen LogP contribution in [0.2, 0.25) is 0 Å². The molecule has 1 aromatic rings. The molecular formula is C19H34IN5O2S. The number of hydrogen-bond acceptors (Lipinski definition) is 4. The van der Waals surface area contributed by atoms with E-state index in [2.05, 4.69) is 48.2 Å². The predicted octanol–water partition coefficient (Wildman–Crippen LogP) is 1.78. The van der Waals surface area contributed by atoms with Crippen LogP contribution in [0.4, 0.5) is 0 Å². The number of guanidine groups is 1. The zero-order valence-electron chi connectivity index (χ0n) is 17.2. The predicted molar refractivity (Wildman–Crippen MR) is 126 cm³/mol. The van der Waals surface area contributed by atoms with Gasteiger partial charge in [-0.05, 0) is 50.8 Å². The lowest BCUT2D eigenvalue weighted by molar-refractivity contribution is 0.265. The van der Waals surface area contributed by atoms with E-state index in [1.807, 2.05) is 0 Å². The van der Waals surface area contributed by atoms with Gasteiger partial charge < -0.3 is 10.6 Å². The Hall–Kier alpha value is -0.910. The third kappa shape index (κ3) is 7.49. The van der Waals surface area contributed by atoms with Gasteiger partial charge >= 0.3 is 0 Å². The molecule has 2 rings (SSSR count). The maximum Gasteiger partial charge on any atom is 0.238 e. The largest absolute Gasteiger partial charge is 0.357 e. The van der Waals surface area contributed by atoms with Gasteiger partial charge in [0.25, 0.3) is 0 Å². The summed E-state index contributed by atoms with van der Waals surface area (Å²) in [5, 5.41) is 12.0. The monoisotopic (exact) mass is 523 g/mol. The van der Waals surface area contributed by atoms with Crippen molar-refractivity contribution in [1.29, 1.82) is 0 Å². The fraction of sp³-hybridized carbons (Fsp3) is 0.632. The standard InChI is InChI=1S/C19H33N5O2S.HI/c1-5-21-19(23-18-13-24(14(2)3)12-15(18)4)22-11-10-16-6-8-17(9-7-16)27(20,25)26;/h6-9,14-15,18H,5,10-13H2,1-4H3,(H2,20,25,26)(H2,21,22,23);1H. The maximum absolute atomic E-state index is 11.3. The molecule has 0 spiro atoms. The van der Waals surface area contributed by atoms with E-state index in [9.17, 15) is 8.42 Å². The van der Waals surface area contributed by atoms with E-state index in [4.69, 9.17) is 5.14 Å². The lowest BCUT2D eigenvalue weighted by Gasteiger charge is -2.22. The molecule has 1 fully saturated rings. The highest BCUT2D eigenvalue weighted by Crippen LogP contribution is 2.18. The van der Waals surface area contributed by atoms with Gasteiger partial charge in [-0.2, -0.15) is 0 Å². The number of halogens is 1. The quantitative estimate of drug-likeness (QED) is 0.288. The number of hydrogen-bond donors (Lipinski definition) is 3. The molecule has 4 N–H and O–H groups in total.